The maximum Gasteiger partial charge on any atom is 0.220 e. The van der Waals surface area contributed by atoms with Gasteiger partial charge >= 0.3 is 0 Å². The highest BCUT2D eigenvalue weighted by atomic mass is 35.5. The summed E-state index contributed by atoms with van der Waals surface area (Å²) in [5.41, 5.74) is 0. The summed E-state index contributed by atoms with van der Waals surface area (Å²) < 4.78 is 0. The minimum Gasteiger partial charge on any atom is -0.352 e. The molecule has 2 nitrogen and oxygen atoms in total. The van der Waals surface area contributed by atoms with Gasteiger partial charge in [-0.2, -0.15) is 11.8 Å². The first kappa shape index (κ1) is 13.2. The van der Waals surface area contributed by atoms with Crippen LogP contribution < -0.4 is 5.32 Å². The van der Waals surface area contributed by atoms with Crippen LogP contribution in [0, 0.1) is 0 Å². The maximum absolute atomic E-state index is 11.6. The average molecular weight is 250 g/mol. The Kier molecular flexibility index (Phi) is 6.50. The molecule has 0 aromatic heterocycles. The summed E-state index contributed by atoms with van der Waals surface area (Å²) in [5, 5.41) is 3.76. The minimum absolute atomic E-state index is 0.200. The van der Waals surface area contributed by atoms with Crippen molar-refractivity contribution in [3.8, 4) is 0 Å². The Balaban J connectivity index is 2.19. The summed E-state index contributed by atoms with van der Waals surface area (Å²) in [6.07, 6.45) is 8.24. The van der Waals surface area contributed by atoms with E-state index >= 15 is 0 Å². The van der Waals surface area contributed by atoms with E-state index < -0.39 is 0 Å². The number of rotatable bonds is 6. The summed E-state index contributed by atoms with van der Waals surface area (Å²) in [7, 11) is 0. The van der Waals surface area contributed by atoms with Crippen molar-refractivity contribution in [1.82, 2.24) is 5.32 Å². The highest BCUT2D eigenvalue weighted by Crippen LogP contribution is 2.28. The number of alkyl halides is 1. The van der Waals surface area contributed by atoms with Gasteiger partial charge in [-0.25, -0.2) is 0 Å². The molecule has 1 amide bonds. The van der Waals surface area contributed by atoms with Crippen LogP contribution in [0.25, 0.3) is 0 Å². The molecule has 0 heterocycles. The van der Waals surface area contributed by atoms with Crippen LogP contribution in [0.2, 0.25) is 0 Å². The Morgan fingerprint density at radius 1 is 1.47 bits per heavy atom. The van der Waals surface area contributed by atoms with Crippen LogP contribution in [0.5, 0.6) is 0 Å². The zero-order valence-electron chi connectivity index (χ0n) is 9.30. The molecule has 1 rings (SSSR count). The standard InChI is InChI=1S/C11H20ClNOS/c1-15-10-6-4-5-9(10)13-11(14)7-2-3-8-12/h9-10H,2-8H2,1H3,(H,13,14). The van der Waals surface area contributed by atoms with Gasteiger partial charge in [-0.15, -0.1) is 11.6 Å². The zero-order valence-corrected chi connectivity index (χ0v) is 10.9. The molecule has 88 valence electrons. The normalized spacial score (nSPS) is 25.5. The zero-order chi connectivity index (χ0) is 11.1. The van der Waals surface area contributed by atoms with E-state index in [9.17, 15) is 4.79 Å². The van der Waals surface area contributed by atoms with Gasteiger partial charge < -0.3 is 5.32 Å². The van der Waals surface area contributed by atoms with Crippen molar-refractivity contribution in [3.63, 3.8) is 0 Å². The predicted molar refractivity (Wildman–Crippen MR) is 67.7 cm³/mol. The van der Waals surface area contributed by atoms with Crippen molar-refractivity contribution in [2.75, 3.05) is 12.1 Å². The highest BCUT2D eigenvalue weighted by Gasteiger charge is 2.27. The first-order valence-electron chi connectivity index (χ1n) is 5.66. The van der Waals surface area contributed by atoms with Gasteiger partial charge in [0.25, 0.3) is 0 Å². The second kappa shape index (κ2) is 7.39. The fraction of sp³-hybridized carbons (Fsp3) is 0.909. The Hall–Kier alpha value is 0.110. The first-order valence-corrected chi connectivity index (χ1v) is 7.48. The Bertz CT molecular complexity index is 201. The minimum atomic E-state index is 0.200. The van der Waals surface area contributed by atoms with Gasteiger partial charge in [0, 0.05) is 23.6 Å². The Labute approximate surface area is 102 Å². The van der Waals surface area contributed by atoms with Gasteiger partial charge in [-0.3, -0.25) is 4.79 Å². The summed E-state index contributed by atoms with van der Waals surface area (Å²) in [6.45, 7) is 0. The largest absolute Gasteiger partial charge is 0.352 e. The predicted octanol–water partition coefficient (Wildman–Crippen LogP) is 2.80. The number of hydrogen-bond acceptors (Lipinski definition) is 2. The van der Waals surface area contributed by atoms with Crippen LogP contribution in [0.15, 0.2) is 0 Å². The van der Waals surface area contributed by atoms with Crippen LogP contribution in [0.4, 0.5) is 0 Å². The fourth-order valence-corrected chi connectivity index (χ4v) is 3.16. The third kappa shape index (κ3) is 4.64. The lowest BCUT2D eigenvalue weighted by molar-refractivity contribution is -0.121. The third-order valence-corrected chi connectivity index (χ3v) is 4.33. The molecule has 0 aliphatic heterocycles. The monoisotopic (exact) mass is 249 g/mol. The topological polar surface area (TPSA) is 29.1 Å². The number of unbranched alkanes of at least 4 members (excludes halogenated alkanes) is 1. The van der Waals surface area contributed by atoms with E-state index in [-0.39, 0.29) is 5.91 Å². The van der Waals surface area contributed by atoms with E-state index in [1.54, 1.807) is 0 Å². The molecule has 4 heteroatoms. The molecule has 0 saturated heterocycles. The van der Waals surface area contributed by atoms with Crippen molar-refractivity contribution in [1.29, 1.82) is 0 Å². The number of carbonyl (C=O) groups is 1. The van der Waals surface area contributed by atoms with Crippen molar-refractivity contribution in [2.45, 2.75) is 49.8 Å². The van der Waals surface area contributed by atoms with Gasteiger partial charge in [0.05, 0.1) is 0 Å². The third-order valence-electron chi connectivity index (χ3n) is 2.89. The second-order valence-electron chi connectivity index (χ2n) is 4.03. The van der Waals surface area contributed by atoms with Crippen LogP contribution in [-0.4, -0.2) is 29.3 Å². The van der Waals surface area contributed by atoms with E-state index in [2.05, 4.69) is 11.6 Å². The SMILES string of the molecule is CSC1CCCC1NC(=O)CCCCCl. The lowest BCUT2D eigenvalue weighted by Gasteiger charge is -2.19. The van der Waals surface area contributed by atoms with Gasteiger partial charge in [0.15, 0.2) is 0 Å². The molecule has 2 atom stereocenters. The molecule has 1 aliphatic carbocycles. The number of nitrogens with one attached hydrogen (secondary N) is 1. The van der Waals surface area contributed by atoms with Crippen LogP contribution in [0.1, 0.15) is 38.5 Å². The van der Waals surface area contributed by atoms with E-state index in [0.717, 1.165) is 19.3 Å². The molecular weight excluding hydrogens is 230 g/mol. The Morgan fingerprint density at radius 2 is 2.27 bits per heavy atom. The van der Waals surface area contributed by atoms with Gasteiger partial charge in [-0.1, -0.05) is 6.42 Å². The van der Waals surface area contributed by atoms with Gasteiger partial charge in [0.1, 0.15) is 0 Å². The molecule has 1 fully saturated rings. The second-order valence-corrected chi connectivity index (χ2v) is 5.48. The van der Waals surface area contributed by atoms with Gasteiger partial charge in [0.2, 0.25) is 5.91 Å². The molecule has 0 spiro atoms. The summed E-state index contributed by atoms with van der Waals surface area (Å²) in [6, 6.07) is 0.406. The average Bonchev–Trinajstić information content (AvgIpc) is 2.65. The smallest absolute Gasteiger partial charge is 0.220 e. The molecule has 1 saturated carbocycles. The molecule has 1 N–H and O–H groups in total. The molecule has 2 unspecified atom stereocenters. The van der Waals surface area contributed by atoms with Crippen LogP contribution >= 0.6 is 23.4 Å². The number of amides is 1. The molecule has 1 aliphatic rings. The molecule has 0 radical (unpaired) electrons. The van der Waals surface area contributed by atoms with Gasteiger partial charge in [-0.05, 0) is 31.9 Å². The molecular formula is C11H20ClNOS. The number of hydrogen-bond donors (Lipinski definition) is 1. The fourth-order valence-electron chi connectivity index (χ4n) is 2.03. The number of thioether (sulfide) groups is 1. The Morgan fingerprint density at radius 3 is 2.93 bits per heavy atom. The van der Waals surface area contributed by atoms with Crippen molar-refractivity contribution >= 4 is 29.3 Å². The highest BCUT2D eigenvalue weighted by molar-refractivity contribution is 7.99. The number of carbonyl (C=O) groups excluding carboxylic acids is 1. The lowest BCUT2D eigenvalue weighted by atomic mass is 10.2. The summed E-state index contributed by atoms with van der Waals surface area (Å²) in [4.78, 5) is 11.6. The van der Waals surface area contributed by atoms with Crippen molar-refractivity contribution in [3.05, 3.63) is 0 Å². The summed E-state index contributed by atoms with van der Waals surface area (Å²) >= 11 is 7.44. The van der Waals surface area contributed by atoms with E-state index in [1.165, 1.54) is 12.8 Å². The summed E-state index contributed by atoms with van der Waals surface area (Å²) in [5.74, 6) is 0.857. The van der Waals surface area contributed by atoms with Crippen LogP contribution in [-0.2, 0) is 4.79 Å². The van der Waals surface area contributed by atoms with E-state index in [0.29, 0.717) is 23.6 Å². The molecule has 15 heavy (non-hydrogen) atoms. The molecule has 0 aromatic carbocycles. The first-order chi connectivity index (χ1) is 7.27. The van der Waals surface area contributed by atoms with E-state index in [4.69, 9.17) is 11.6 Å². The van der Waals surface area contributed by atoms with Crippen molar-refractivity contribution < 1.29 is 4.79 Å². The maximum atomic E-state index is 11.6. The molecule has 0 aromatic rings. The van der Waals surface area contributed by atoms with Crippen LogP contribution in [0.3, 0.4) is 0 Å². The van der Waals surface area contributed by atoms with Crippen molar-refractivity contribution in [2.24, 2.45) is 0 Å². The quantitative estimate of drug-likeness (QED) is 0.579. The number of halogens is 1. The lowest BCUT2D eigenvalue weighted by Crippen LogP contribution is -2.38. The molecule has 0 bridgehead atoms. The van der Waals surface area contributed by atoms with E-state index in [1.807, 2.05) is 11.8 Å².